The Labute approximate surface area is 163 Å². The van der Waals surface area contributed by atoms with Crippen LogP contribution in [0, 0.1) is 5.92 Å². The molecule has 1 saturated heterocycles. The zero-order valence-electron chi connectivity index (χ0n) is 15.6. The van der Waals surface area contributed by atoms with Gasteiger partial charge in [-0.3, -0.25) is 9.59 Å². The number of nitrogens with zero attached hydrogens (tertiary/aromatic N) is 2. The summed E-state index contributed by atoms with van der Waals surface area (Å²) in [5.41, 5.74) is 1.28. The first-order chi connectivity index (χ1) is 13.7. The summed E-state index contributed by atoms with van der Waals surface area (Å²) in [5.74, 6) is 0.221. The van der Waals surface area contributed by atoms with Crippen molar-refractivity contribution in [2.45, 2.75) is 19.4 Å². The Balaban J connectivity index is 1.64. The molecule has 2 heterocycles. The zero-order chi connectivity index (χ0) is 19.3. The number of hydrogen-bond acceptors (Lipinski definition) is 4. The van der Waals surface area contributed by atoms with E-state index in [0.717, 1.165) is 31.6 Å². The quantitative estimate of drug-likeness (QED) is 0.742. The highest BCUT2D eigenvalue weighted by Crippen LogP contribution is 2.19. The van der Waals surface area contributed by atoms with Crippen molar-refractivity contribution >= 4 is 16.8 Å². The van der Waals surface area contributed by atoms with Gasteiger partial charge in [0, 0.05) is 26.3 Å². The minimum Gasteiger partial charge on any atom is -0.381 e. The number of fused-ring (bicyclic) bond motifs is 1. The topological polar surface area (TPSA) is 75.3 Å². The van der Waals surface area contributed by atoms with Crippen LogP contribution >= 0.6 is 0 Å². The first kappa shape index (κ1) is 18.4. The van der Waals surface area contributed by atoms with E-state index in [4.69, 9.17) is 4.74 Å². The van der Waals surface area contributed by atoms with Crippen LogP contribution in [0.2, 0.25) is 0 Å². The van der Waals surface area contributed by atoms with E-state index in [-0.39, 0.29) is 17.3 Å². The molecule has 6 heteroatoms. The maximum Gasteiger partial charge on any atom is 0.290 e. The Bertz CT molecular complexity index is 1010. The fourth-order valence-electron chi connectivity index (χ4n) is 3.60. The number of H-pyrrole nitrogens is 1. The lowest BCUT2D eigenvalue weighted by atomic mass is 9.99. The standard InChI is InChI=1S/C22H23N3O3/c26-21-18-8-4-5-9-19(18)23-20(24-21)22(27)25(14-16-6-2-1-3-7-16)15-17-10-12-28-13-11-17/h1-9,17H,10-15H2,(H,23,24,26). The maximum absolute atomic E-state index is 13.3. The first-order valence-electron chi connectivity index (χ1n) is 9.61. The van der Waals surface area contributed by atoms with Gasteiger partial charge >= 0.3 is 0 Å². The largest absolute Gasteiger partial charge is 0.381 e. The molecule has 1 amide bonds. The van der Waals surface area contributed by atoms with Crippen molar-refractivity contribution in [2.24, 2.45) is 5.92 Å². The number of benzene rings is 2. The molecule has 3 aromatic rings. The number of rotatable bonds is 5. The predicted octanol–water partition coefficient (Wildman–Crippen LogP) is 2.99. The summed E-state index contributed by atoms with van der Waals surface area (Å²) in [6.45, 7) is 2.55. The number of nitrogens with one attached hydrogen (secondary N) is 1. The van der Waals surface area contributed by atoms with Crippen molar-refractivity contribution in [3.05, 3.63) is 76.3 Å². The van der Waals surface area contributed by atoms with Crippen LogP contribution in [-0.4, -0.2) is 40.5 Å². The number of ether oxygens (including phenoxy) is 1. The average molecular weight is 377 g/mol. The number of hydrogen-bond donors (Lipinski definition) is 1. The molecule has 1 fully saturated rings. The Kier molecular flexibility index (Phi) is 5.48. The van der Waals surface area contributed by atoms with E-state index in [1.807, 2.05) is 36.4 Å². The summed E-state index contributed by atoms with van der Waals surface area (Å²) < 4.78 is 5.45. The van der Waals surface area contributed by atoms with Crippen molar-refractivity contribution in [3.63, 3.8) is 0 Å². The number of amides is 1. The molecule has 144 valence electrons. The van der Waals surface area contributed by atoms with Crippen LogP contribution < -0.4 is 5.56 Å². The van der Waals surface area contributed by atoms with E-state index in [9.17, 15) is 9.59 Å². The molecule has 1 aromatic heterocycles. The molecule has 0 saturated carbocycles. The SMILES string of the molecule is O=C(c1nc2ccccc2c(=O)[nH]1)N(Cc1ccccc1)CC1CCOCC1. The van der Waals surface area contributed by atoms with Crippen molar-refractivity contribution in [3.8, 4) is 0 Å². The zero-order valence-corrected chi connectivity index (χ0v) is 15.6. The minimum atomic E-state index is -0.292. The highest BCUT2D eigenvalue weighted by Gasteiger charge is 2.24. The molecule has 1 aliphatic rings. The van der Waals surface area contributed by atoms with Crippen molar-refractivity contribution in [1.82, 2.24) is 14.9 Å². The molecular weight excluding hydrogens is 354 g/mol. The number of aromatic nitrogens is 2. The maximum atomic E-state index is 13.3. The second-order valence-electron chi connectivity index (χ2n) is 7.16. The van der Waals surface area contributed by atoms with Crippen molar-refractivity contribution in [2.75, 3.05) is 19.8 Å². The Morgan fingerprint density at radius 2 is 1.79 bits per heavy atom. The molecule has 0 atom stereocenters. The fourth-order valence-corrected chi connectivity index (χ4v) is 3.60. The van der Waals surface area contributed by atoms with Gasteiger partial charge in [-0.25, -0.2) is 4.98 Å². The summed E-state index contributed by atoms with van der Waals surface area (Å²) in [7, 11) is 0. The lowest BCUT2D eigenvalue weighted by Gasteiger charge is -2.29. The Hall–Kier alpha value is -2.99. The van der Waals surface area contributed by atoms with Gasteiger partial charge in [0.2, 0.25) is 0 Å². The highest BCUT2D eigenvalue weighted by molar-refractivity contribution is 5.92. The second kappa shape index (κ2) is 8.35. The molecule has 0 bridgehead atoms. The van der Waals surface area contributed by atoms with Crippen LogP contribution in [0.3, 0.4) is 0 Å². The smallest absolute Gasteiger partial charge is 0.290 e. The fraction of sp³-hybridized carbons (Fsp3) is 0.318. The molecule has 0 aliphatic carbocycles. The van der Waals surface area contributed by atoms with E-state index in [2.05, 4.69) is 9.97 Å². The molecule has 0 unspecified atom stereocenters. The van der Waals surface area contributed by atoms with Gasteiger partial charge in [0.25, 0.3) is 11.5 Å². The van der Waals surface area contributed by atoms with Crippen LogP contribution in [0.4, 0.5) is 0 Å². The van der Waals surface area contributed by atoms with Gasteiger partial charge < -0.3 is 14.6 Å². The van der Waals surface area contributed by atoms with Gasteiger partial charge in [0.1, 0.15) is 0 Å². The summed E-state index contributed by atoms with van der Waals surface area (Å²) in [6.07, 6.45) is 1.86. The van der Waals surface area contributed by atoms with Gasteiger partial charge in [-0.05, 0) is 36.5 Å². The molecule has 4 rings (SSSR count). The van der Waals surface area contributed by atoms with Gasteiger partial charge in [-0.1, -0.05) is 42.5 Å². The molecule has 2 aromatic carbocycles. The number of carbonyl (C=O) groups is 1. The van der Waals surface area contributed by atoms with Crippen LogP contribution in [0.25, 0.3) is 10.9 Å². The molecular formula is C22H23N3O3. The van der Waals surface area contributed by atoms with Crippen molar-refractivity contribution < 1.29 is 9.53 Å². The van der Waals surface area contributed by atoms with Gasteiger partial charge in [-0.15, -0.1) is 0 Å². The molecule has 28 heavy (non-hydrogen) atoms. The van der Waals surface area contributed by atoms with Crippen LogP contribution in [0.1, 0.15) is 29.0 Å². The van der Waals surface area contributed by atoms with E-state index < -0.39 is 0 Å². The third-order valence-electron chi connectivity index (χ3n) is 5.14. The molecule has 6 nitrogen and oxygen atoms in total. The van der Waals surface area contributed by atoms with E-state index in [1.54, 1.807) is 23.1 Å². The Morgan fingerprint density at radius 3 is 2.57 bits per heavy atom. The number of aromatic amines is 1. The lowest BCUT2D eigenvalue weighted by molar-refractivity contribution is 0.0440. The summed E-state index contributed by atoms with van der Waals surface area (Å²) in [4.78, 5) is 34.6. The summed E-state index contributed by atoms with van der Waals surface area (Å²) >= 11 is 0. The van der Waals surface area contributed by atoms with Crippen LogP contribution in [0.5, 0.6) is 0 Å². The van der Waals surface area contributed by atoms with Gasteiger partial charge in [0.05, 0.1) is 10.9 Å². The van der Waals surface area contributed by atoms with Crippen LogP contribution in [0.15, 0.2) is 59.4 Å². The van der Waals surface area contributed by atoms with Gasteiger partial charge in [0.15, 0.2) is 5.82 Å². The summed E-state index contributed by atoms with van der Waals surface area (Å²) in [5, 5.41) is 0.484. The number of para-hydroxylation sites is 1. The van der Waals surface area contributed by atoms with E-state index in [1.165, 1.54) is 0 Å². The molecule has 0 radical (unpaired) electrons. The van der Waals surface area contributed by atoms with E-state index in [0.29, 0.717) is 29.9 Å². The number of carbonyl (C=O) groups excluding carboxylic acids is 1. The monoisotopic (exact) mass is 377 g/mol. The second-order valence-corrected chi connectivity index (χ2v) is 7.16. The van der Waals surface area contributed by atoms with Crippen LogP contribution in [-0.2, 0) is 11.3 Å². The molecule has 1 aliphatic heterocycles. The van der Waals surface area contributed by atoms with E-state index >= 15 is 0 Å². The normalized spacial score (nSPS) is 14.9. The predicted molar refractivity (Wildman–Crippen MR) is 107 cm³/mol. The highest BCUT2D eigenvalue weighted by atomic mass is 16.5. The minimum absolute atomic E-state index is 0.0895. The molecule has 0 spiro atoms. The molecule has 1 N–H and O–H groups in total. The third kappa shape index (κ3) is 4.12. The summed E-state index contributed by atoms with van der Waals surface area (Å²) in [6, 6.07) is 16.9. The van der Waals surface area contributed by atoms with Crippen molar-refractivity contribution in [1.29, 1.82) is 0 Å². The first-order valence-corrected chi connectivity index (χ1v) is 9.61. The third-order valence-corrected chi connectivity index (χ3v) is 5.14. The Morgan fingerprint density at radius 1 is 1.07 bits per heavy atom. The lowest BCUT2D eigenvalue weighted by Crippen LogP contribution is -2.38. The van der Waals surface area contributed by atoms with Gasteiger partial charge in [-0.2, -0.15) is 0 Å². The average Bonchev–Trinajstić information content (AvgIpc) is 2.74.